The number of hydrogen-bond donors (Lipinski definition) is 2. The zero-order valence-electron chi connectivity index (χ0n) is 23.5. The molecule has 3 heterocycles. The largest absolute Gasteiger partial charge is 0.344 e. The van der Waals surface area contributed by atoms with E-state index in [0.29, 0.717) is 11.5 Å². The number of carbonyl (C=O) groups excluding carboxylic acids is 1. The maximum Gasteiger partial charge on any atom is 0.301 e. The number of fused-ring (bicyclic) bond motifs is 6. The lowest BCUT2D eigenvalue weighted by Gasteiger charge is -2.32. The number of hydrogen-bond acceptors (Lipinski definition) is 7. The molecule has 2 N–H and O–H groups in total. The summed E-state index contributed by atoms with van der Waals surface area (Å²) in [5.74, 6) is -0.329. The Hall–Kier alpha value is -4.06. The molecule has 2 aliphatic heterocycles. The van der Waals surface area contributed by atoms with Crippen LogP contribution in [0.15, 0.2) is 56.4 Å². The number of unbranched alkanes of at least 4 members (excludes halogenated alkanes) is 1. The first-order valence-electron chi connectivity index (χ1n) is 14.1. The maximum absolute atomic E-state index is 12.6. The van der Waals surface area contributed by atoms with Crippen LogP contribution in [0.3, 0.4) is 0 Å². The van der Waals surface area contributed by atoms with Crippen molar-refractivity contribution in [2.45, 2.75) is 56.6 Å². The second-order valence-electron chi connectivity index (χ2n) is 10.8. The fourth-order valence-electron chi connectivity index (χ4n) is 6.08. The van der Waals surface area contributed by atoms with Gasteiger partial charge in [-0.25, -0.2) is 20.0 Å². The van der Waals surface area contributed by atoms with Gasteiger partial charge in [0.05, 0.1) is 5.69 Å². The summed E-state index contributed by atoms with van der Waals surface area (Å²) in [7, 11) is -4.36. The normalized spacial score (nSPS) is 21.6. The minimum absolute atomic E-state index is 0.238. The van der Waals surface area contributed by atoms with Crippen molar-refractivity contribution >= 4 is 74.8 Å². The highest BCUT2D eigenvalue weighted by Crippen LogP contribution is 2.40. The van der Waals surface area contributed by atoms with Crippen molar-refractivity contribution in [3.8, 4) is 0 Å². The molecule has 4 aliphatic rings. The summed E-state index contributed by atoms with van der Waals surface area (Å²) >= 11 is 6.51. The lowest BCUT2D eigenvalue weighted by molar-refractivity contribution is -0.111. The molecular formula is C31H29ClN6O4S. The lowest BCUT2D eigenvalue weighted by atomic mass is 9.79. The Bertz CT molecular complexity index is 2040. The Morgan fingerprint density at radius 1 is 1.07 bits per heavy atom. The molecule has 3 unspecified atom stereocenters. The molecule has 2 aliphatic carbocycles. The van der Waals surface area contributed by atoms with Gasteiger partial charge in [0.2, 0.25) is 0 Å². The average Bonchev–Trinajstić information content (AvgIpc) is 3.62. The van der Waals surface area contributed by atoms with Crippen molar-refractivity contribution in [1.82, 2.24) is 9.97 Å². The molecule has 10 nitrogen and oxygen atoms in total. The first kappa shape index (κ1) is 29.0. The van der Waals surface area contributed by atoms with Gasteiger partial charge in [-0.2, -0.15) is 13.4 Å². The molecule has 1 amide bonds. The summed E-state index contributed by atoms with van der Waals surface area (Å²) in [6.45, 7) is 3.96. The summed E-state index contributed by atoms with van der Waals surface area (Å²) in [6, 6.07) is 8.34. The highest BCUT2D eigenvalue weighted by atomic mass is 35.5. The average molecular weight is 617 g/mol. The van der Waals surface area contributed by atoms with E-state index in [0.717, 1.165) is 53.1 Å². The van der Waals surface area contributed by atoms with Gasteiger partial charge in [0.1, 0.15) is 23.8 Å². The molecule has 0 saturated carbocycles. The monoisotopic (exact) mass is 616 g/mol. The van der Waals surface area contributed by atoms with E-state index >= 15 is 0 Å². The van der Waals surface area contributed by atoms with Crippen molar-refractivity contribution in [1.29, 1.82) is 0 Å². The summed E-state index contributed by atoms with van der Waals surface area (Å²) in [4.78, 5) is 33.0. The molecule has 43 heavy (non-hydrogen) atoms. The minimum Gasteiger partial charge on any atom is -0.344 e. The lowest BCUT2D eigenvalue weighted by Crippen LogP contribution is -2.39. The Balaban J connectivity index is 0.000000277. The van der Waals surface area contributed by atoms with E-state index in [1.165, 1.54) is 23.5 Å². The molecule has 0 radical (unpaired) electrons. The standard InChI is InChI=1S/C26H27ClN2O3S.C5H2N4O/c1-3-4-9-23-28-24(26(27)29-23)22-14-21-17(15(2)25(22)33(30,31)32)12-13-19-18-8-6-5-7-16(18)10-11-20(19)21;10-5-3-4(7-1-6-3)8-2-9-5/h5-6,8,10-15,22,25H,3-4,7,9H2,1-2H3,(H,28,29)(H,30,31,32);1-2H. The van der Waals surface area contributed by atoms with Gasteiger partial charge in [-0.3, -0.25) is 9.35 Å². The number of halogens is 1. The summed E-state index contributed by atoms with van der Waals surface area (Å²) in [5, 5.41) is 3.63. The molecule has 3 aromatic rings. The third-order valence-electron chi connectivity index (χ3n) is 8.14. The summed E-state index contributed by atoms with van der Waals surface area (Å²) in [5.41, 5.74) is 2.97. The van der Waals surface area contributed by atoms with Gasteiger partial charge >= 0.3 is 5.91 Å². The smallest absolute Gasteiger partial charge is 0.301 e. The van der Waals surface area contributed by atoms with Gasteiger partial charge in [0.25, 0.3) is 10.1 Å². The van der Waals surface area contributed by atoms with Crippen LogP contribution in [0.25, 0.3) is 22.9 Å². The number of aromatic nitrogens is 2. The van der Waals surface area contributed by atoms with Crippen LogP contribution >= 0.6 is 11.6 Å². The molecule has 12 heteroatoms. The summed E-state index contributed by atoms with van der Waals surface area (Å²) in [6.07, 6.45) is 14.4. The van der Waals surface area contributed by atoms with Crippen molar-refractivity contribution in [2.24, 2.45) is 20.0 Å². The third kappa shape index (κ3) is 5.44. The molecule has 220 valence electrons. The number of benzene rings is 2. The Morgan fingerprint density at radius 2 is 1.84 bits per heavy atom. The fraction of sp³-hybridized carbons (Fsp3) is 0.290. The van der Waals surface area contributed by atoms with E-state index in [1.807, 2.05) is 19.1 Å². The Labute approximate surface area is 253 Å². The van der Waals surface area contributed by atoms with E-state index in [4.69, 9.17) is 11.6 Å². The SMILES string of the molecule is CCCCc1nc(Cl)c(C2C=c3c(ccc4c5c(ccc34)CC=CC=5)C(C)C2S(=O)(=O)O)[nH]1.O=C1N=CN=C2N=CN=C12. The first-order valence-corrected chi connectivity index (χ1v) is 15.9. The molecule has 0 spiro atoms. The zero-order valence-corrected chi connectivity index (χ0v) is 25.1. The van der Waals surface area contributed by atoms with Crippen LogP contribution in [0.2, 0.25) is 5.15 Å². The van der Waals surface area contributed by atoms with Crippen molar-refractivity contribution in [3.63, 3.8) is 0 Å². The molecule has 7 rings (SSSR count). The van der Waals surface area contributed by atoms with E-state index in [1.54, 1.807) is 0 Å². The molecule has 3 atom stereocenters. The Kier molecular flexibility index (Phi) is 7.80. The third-order valence-corrected chi connectivity index (χ3v) is 9.82. The van der Waals surface area contributed by atoms with E-state index in [9.17, 15) is 17.8 Å². The number of carbonyl (C=O) groups is 1. The van der Waals surface area contributed by atoms with E-state index < -0.39 is 27.2 Å². The van der Waals surface area contributed by atoms with Gasteiger partial charge in [-0.05, 0) is 45.2 Å². The van der Waals surface area contributed by atoms with Gasteiger partial charge in [-0.15, -0.1) is 0 Å². The number of amides is 1. The minimum atomic E-state index is -4.36. The number of aliphatic imine (C=N–C) groups is 4. The quantitative estimate of drug-likeness (QED) is 0.418. The second kappa shape index (κ2) is 11.6. The Morgan fingerprint density at radius 3 is 2.60 bits per heavy atom. The van der Waals surface area contributed by atoms with E-state index in [-0.39, 0.29) is 16.8 Å². The van der Waals surface area contributed by atoms with Crippen LogP contribution in [0.5, 0.6) is 0 Å². The van der Waals surface area contributed by atoms with Crippen LogP contribution in [0.4, 0.5) is 0 Å². The summed E-state index contributed by atoms with van der Waals surface area (Å²) < 4.78 is 35.4. The van der Waals surface area contributed by atoms with Crippen molar-refractivity contribution in [3.05, 3.63) is 74.7 Å². The number of amidine groups is 1. The molecule has 0 fully saturated rings. The van der Waals surface area contributed by atoms with Crippen LogP contribution in [-0.4, -0.2) is 58.3 Å². The highest BCUT2D eigenvalue weighted by Gasteiger charge is 2.42. The molecule has 0 bridgehead atoms. The van der Waals surface area contributed by atoms with E-state index in [2.05, 4.69) is 73.3 Å². The molecular weight excluding hydrogens is 588 g/mol. The number of rotatable bonds is 5. The number of imidazole rings is 1. The van der Waals surface area contributed by atoms with Crippen LogP contribution < -0.4 is 10.4 Å². The highest BCUT2D eigenvalue weighted by molar-refractivity contribution is 7.86. The zero-order chi connectivity index (χ0) is 30.3. The predicted molar refractivity (Wildman–Crippen MR) is 171 cm³/mol. The maximum atomic E-state index is 12.6. The van der Waals surface area contributed by atoms with Gasteiger partial charge < -0.3 is 4.98 Å². The van der Waals surface area contributed by atoms with Gasteiger partial charge in [0, 0.05) is 18.3 Å². The molecule has 0 saturated heterocycles. The number of aryl methyl sites for hydroxylation is 1. The van der Waals surface area contributed by atoms with Crippen molar-refractivity contribution in [2.75, 3.05) is 0 Å². The number of allylic oxidation sites excluding steroid dienone is 2. The first-order chi connectivity index (χ1) is 20.7. The number of nitrogens with zero attached hydrogens (tertiary/aromatic N) is 5. The van der Waals surface area contributed by atoms with Crippen LogP contribution in [0.1, 0.15) is 61.2 Å². The second-order valence-corrected chi connectivity index (χ2v) is 12.7. The number of aromatic amines is 1. The van der Waals surface area contributed by atoms with Gasteiger partial charge in [-0.1, -0.05) is 80.4 Å². The van der Waals surface area contributed by atoms with Crippen LogP contribution in [-0.2, 0) is 27.8 Å². The number of H-pyrrole nitrogens is 1. The topological polar surface area (TPSA) is 150 Å². The molecule has 2 aromatic carbocycles. The van der Waals surface area contributed by atoms with Crippen molar-refractivity contribution < 1.29 is 17.8 Å². The van der Waals surface area contributed by atoms with Crippen LogP contribution in [0, 0.1) is 0 Å². The fourth-order valence-corrected chi connectivity index (χ4v) is 7.61. The number of nitrogens with one attached hydrogen (secondary N) is 1. The predicted octanol–water partition coefficient (Wildman–Crippen LogP) is 3.83. The molecule has 1 aromatic heterocycles. The van der Waals surface area contributed by atoms with Gasteiger partial charge in [0.15, 0.2) is 16.7 Å².